The predicted octanol–water partition coefficient (Wildman–Crippen LogP) is 8.90. The number of rotatable bonds is 6. The molecule has 0 saturated heterocycles. The Kier molecular flexibility index (Phi) is 6.97. The molecular weight excluding hydrogens is 423 g/mol. The highest BCUT2D eigenvalue weighted by Crippen LogP contribution is 2.49. The molecule has 0 bridgehead atoms. The minimum absolute atomic E-state index is 0.0596. The number of unbranched alkanes of at least 4 members (excludes halogenated alkanes) is 2. The third-order valence-electron chi connectivity index (χ3n) is 7.61. The predicted molar refractivity (Wildman–Crippen MR) is 116 cm³/mol. The van der Waals surface area contributed by atoms with Crippen molar-refractivity contribution >= 4 is 10.8 Å². The van der Waals surface area contributed by atoms with Gasteiger partial charge in [0.2, 0.25) is 0 Å². The highest BCUT2D eigenvalue weighted by molar-refractivity contribution is 5.85. The Labute approximate surface area is 186 Å². The first kappa shape index (κ1) is 23.3. The summed E-state index contributed by atoms with van der Waals surface area (Å²) < 4.78 is 70.1. The maximum absolute atomic E-state index is 14.8. The molecule has 2 aliphatic rings. The van der Waals surface area contributed by atoms with E-state index in [-0.39, 0.29) is 16.7 Å². The summed E-state index contributed by atoms with van der Waals surface area (Å²) in [4.78, 5) is 0. The number of alkyl halides is 3. The molecule has 0 heterocycles. The summed E-state index contributed by atoms with van der Waals surface area (Å²) in [5.41, 5.74) is 0.822. The fourth-order valence-electron chi connectivity index (χ4n) is 6.01. The fourth-order valence-corrected chi connectivity index (χ4v) is 6.01. The number of halogens is 5. The van der Waals surface area contributed by atoms with Gasteiger partial charge in [0.05, 0.1) is 0 Å². The van der Waals surface area contributed by atoms with Crippen LogP contribution in [0.15, 0.2) is 24.3 Å². The smallest absolute Gasteiger partial charge is 0.403 e. The summed E-state index contributed by atoms with van der Waals surface area (Å²) in [6.07, 6.45) is 7.11. The van der Waals surface area contributed by atoms with E-state index in [0.717, 1.165) is 48.8 Å². The molecule has 0 aromatic heterocycles. The fraction of sp³-hybridized carbons (Fsp3) is 0.615. The van der Waals surface area contributed by atoms with Gasteiger partial charge in [-0.1, -0.05) is 45.1 Å². The van der Waals surface area contributed by atoms with Gasteiger partial charge in [-0.2, -0.15) is 0 Å². The van der Waals surface area contributed by atoms with Crippen molar-refractivity contribution in [3.05, 3.63) is 41.5 Å². The Balaban J connectivity index is 1.47. The maximum atomic E-state index is 14.8. The Hall–Kier alpha value is -1.85. The number of benzene rings is 2. The Morgan fingerprint density at radius 3 is 2.38 bits per heavy atom. The van der Waals surface area contributed by atoms with E-state index in [9.17, 15) is 22.0 Å². The van der Waals surface area contributed by atoms with Gasteiger partial charge in [0.15, 0.2) is 11.6 Å². The summed E-state index contributed by atoms with van der Waals surface area (Å²) in [6.45, 7) is 2.23. The van der Waals surface area contributed by atoms with E-state index in [2.05, 4.69) is 11.7 Å². The third-order valence-corrected chi connectivity index (χ3v) is 7.61. The van der Waals surface area contributed by atoms with Gasteiger partial charge >= 0.3 is 6.36 Å². The summed E-state index contributed by atoms with van der Waals surface area (Å²) >= 11 is 0. The molecule has 4 atom stereocenters. The molecule has 32 heavy (non-hydrogen) atoms. The Morgan fingerprint density at radius 2 is 1.62 bits per heavy atom. The lowest BCUT2D eigenvalue weighted by atomic mass is 9.63. The van der Waals surface area contributed by atoms with E-state index < -0.39 is 23.7 Å². The van der Waals surface area contributed by atoms with Crippen molar-refractivity contribution in [1.29, 1.82) is 0 Å². The van der Waals surface area contributed by atoms with Crippen molar-refractivity contribution in [2.24, 2.45) is 17.8 Å². The van der Waals surface area contributed by atoms with Crippen LogP contribution in [0.2, 0.25) is 0 Å². The minimum Gasteiger partial charge on any atom is -0.403 e. The first-order valence-electron chi connectivity index (χ1n) is 11.9. The van der Waals surface area contributed by atoms with E-state index in [1.807, 2.05) is 0 Å². The molecule has 0 N–H and O–H groups in total. The Bertz CT molecular complexity index is 938. The molecule has 2 saturated carbocycles. The zero-order chi connectivity index (χ0) is 22.9. The molecule has 0 spiro atoms. The highest BCUT2D eigenvalue weighted by Gasteiger charge is 2.36. The molecule has 0 amide bonds. The maximum Gasteiger partial charge on any atom is 0.573 e. The number of hydrogen-bond acceptors (Lipinski definition) is 1. The van der Waals surface area contributed by atoms with Crippen LogP contribution >= 0.6 is 0 Å². The Morgan fingerprint density at radius 1 is 0.875 bits per heavy atom. The van der Waals surface area contributed by atoms with Crippen LogP contribution in [0.1, 0.15) is 82.6 Å². The third kappa shape index (κ3) is 5.37. The first-order chi connectivity index (χ1) is 15.2. The summed E-state index contributed by atoms with van der Waals surface area (Å²) in [7, 11) is 0. The van der Waals surface area contributed by atoms with E-state index in [1.54, 1.807) is 6.07 Å². The molecule has 2 aromatic carbocycles. The summed E-state index contributed by atoms with van der Waals surface area (Å²) in [6, 6.07) is 4.89. The van der Waals surface area contributed by atoms with Crippen molar-refractivity contribution in [3.8, 4) is 5.75 Å². The molecule has 2 fully saturated rings. The van der Waals surface area contributed by atoms with E-state index >= 15 is 0 Å². The molecule has 1 nitrogen and oxygen atoms in total. The second kappa shape index (κ2) is 9.56. The van der Waals surface area contributed by atoms with Crippen molar-refractivity contribution in [2.45, 2.75) is 83.4 Å². The van der Waals surface area contributed by atoms with E-state index in [0.29, 0.717) is 5.92 Å². The van der Waals surface area contributed by atoms with Crippen LogP contribution in [0, 0.1) is 29.4 Å². The molecule has 6 heteroatoms. The zero-order valence-corrected chi connectivity index (χ0v) is 18.5. The molecule has 2 aliphatic carbocycles. The zero-order valence-electron chi connectivity index (χ0n) is 18.5. The molecule has 4 rings (SSSR count). The van der Waals surface area contributed by atoms with E-state index in [4.69, 9.17) is 0 Å². The van der Waals surface area contributed by atoms with Gasteiger partial charge in [-0.3, -0.25) is 0 Å². The van der Waals surface area contributed by atoms with Crippen LogP contribution in [0.4, 0.5) is 22.0 Å². The van der Waals surface area contributed by atoms with Crippen LogP contribution in [0.3, 0.4) is 0 Å². The second-order valence-corrected chi connectivity index (χ2v) is 9.76. The van der Waals surface area contributed by atoms with Gasteiger partial charge < -0.3 is 4.74 Å². The summed E-state index contributed by atoms with van der Waals surface area (Å²) in [5, 5.41) is 0.212. The lowest BCUT2D eigenvalue weighted by Gasteiger charge is -2.42. The lowest BCUT2D eigenvalue weighted by Crippen LogP contribution is -2.30. The van der Waals surface area contributed by atoms with Crippen LogP contribution < -0.4 is 4.74 Å². The van der Waals surface area contributed by atoms with Crippen molar-refractivity contribution in [1.82, 2.24) is 0 Å². The van der Waals surface area contributed by atoms with Crippen LogP contribution in [0.25, 0.3) is 10.8 Å². The number of hydrogen-bond donors (Lipinski definition) is 0. The van der Waals surface area contributed by atoms with Gasteiger partial charge in [0.1, 0.15) is 5.82 Å². The van der Waals surface area contributed by atoms with Crippen LogP contribution in [-0.4, -0.2) is 6.36 Å². The minimum atomic E-state index is -5.03. The average molecular weight is 455 g/mol. The average Bonchev–Trinajstić information content (AvgIpc) is 2.73. The SMILES string of the molecule is CCCCCC1CCC2CC(c3cc(F)c4cc(OC(F)(F)F)c(F)cc4c3)CCC2C1. The number of ether oxygens (including phenoxy) is 1. The van der Waals surface area contributed by atoms with E-state index in [1.165, 1.54) is 51.0 Å². The first-order valence-corrected chi connectivity index (χ1v) is 11.9. The highest BCUT2D eigenvalue weighted by atomic mass is 19.4. The van der Waals surface area contributed by atoms with Crippen molar-refractivity contribution in [3.63, 3.8) is 0 Å². The molecule has 176 valence electrons. The van der Waals surface area contributed by atoms with Crippen molar-refractivity contribution < 1.29 is 26.7 Å². The topological polar surface area (TPSA) is 9.23 Å². The standard InChI is InChI=1S/C26H31F5O/c1-2-3-4-5-16-6-7-18-11-19(9-8-17(18)10-16)20-12-21-14-24(28)25(32-26(29,30)31)15-22(21)23(27)13-20/h12-19H,2-11H2,1H3. The normalized spacial score (nSPS) is 26.2. The van der Waals surface area contributed by atoms with Gasteiger partial charge in [-0.05, 0) is 84.9 Å². The van der Waals surface area contributed by atoms with Gasteiger partial charge in [0.25, 0.3) is 0 Å². The van der Waals surface area contributed by atoms with Crippen molar-refractivity contribution in [2.75, 3.05) is 0 Å². The summed E-state index contributed by atoms with van der Waals surface area (Å²) in [5.74, 6) is -0.337. The van der Waals surface area contributed by atoms with Crippen LogP contribution in [0.5, 0.6) is 5.75 Å². The van der Waals surface area contributed by atoms with Crippen LogP contribution in [-0.2, 0) is 0 Å². The number of fused-ring (bicyclic) bond motifs is 2. The quantitative estimate of drug-likeness (QED) is 0.313. The molecule has 0 radical (unpaired) electrons. The molecule has 4 unspecified atom stereocenters. The van der Waals surface area contributed by atoms with Gasteiger partial charge in [-0.25, -0.2) is 8.78 Å². The van der Waals surface area contributed by atoms with Gasteiger partial charge in [-0.15, -0.1) is 13.2 Å². The molecule has 0 aliphatic heterocycles. The largest absolute Gasteiger partial charge is 0.573 e. The molecular formula is C26H31F5O. The second-order valence-electron chi connectivity index (χ2n) is 9.76. The molecule has 2 aromatic rings. The van der Waals surface area contributed by atoms with Gasteiger partial charge in [0, 0.05) is 5.39 Å². The monoisotopic (exact) mass is 454 g/mol. The lowest BCUT2D eigenvalue weighted by molar-refractivity contribution is -0.275.